The number of ether oxygens (including phenoxy) is 5. The number of thioether (sulfide) groups is 1. The molecule has 0 radical (unpaired) electrons. The van der Waals surface area contributed by atoms with Crippen molar-refractivity contribution in [3.8, 4) is 0 Å². The van der Waals surface area contributed by atoms with E-state index in [9.17, 15) is 0 Å². The molecule has 2 fully saturated rings. The van der Waals surface area contributed by atoms with Crippen molar-refractivity contribution >= 4 is 22.5 Å². The highest BCUT2D eigenvalue weighted by atomic mass is 32.2. The fourth-order valence-electron chi connectivity index (χ4n) is 5.01. The zero-order valence-electron chi connectivity index (χ0n) is 20.6. The first-order valence-electron chi connectivity index (χ1n) is 12.6. The highest BCUT2D eigenvalue weighted by Crippen LogP contribution is 2.41. The molecule has 0 bridgehead atoms. The Labute approximate surface area is 221 Å². The molecule has 2 aliphatic rings. The largest absolute Gasteiger partial charge is 0.375 e. The van der Waals surface area contributed by atoms with Crippen LogP contribution in [0.25, 0.3) is 10.8 Å². The second-order valence-corrected chi connectivity index (χ2v) is 10.5. The fraction of sp³-hybridized carbons (Fsp3) is 0.290. The molecule has 6 rings (SSSR count). The standard InChI is InChI=1S/C31H30O5S/c1-32-29-28(33-19-21-16-17-22-10-8-9-13-24(22)18-21)27-26(35-31(29)37-25-14-6-3-7-15-25)20-34-30(36-27)23-11-4-2-5-12-23/h2-18,26-31H,19-20H2,1H3/t26-,27+,28+,29-,30+,31+/m1/s1. The van der Waals surface area contributed by atoms with E-state index in [0.29, 0.717) is 13.2 Å². The van der Waals surface area contributed by atoms with Crippen LogP contribution in [-0.2, 0) is 30.3 Å². The number of benzene rings is 4. The molecule has 6 heteroatoms. The van der Waals surface area contributed by atoms with Gasteiger partial charge in [0.05, 0.1) is 13.2 Å². The average Bonchev–Trinajstić information content (AvgIpc) is 2.96. The molecular formula is C31H30O5S. The van der Waals surface area contributed by atoms with Crippen molar-refractivity contribution in [2.75, 3.05) is 13.7 Å². The second-order valence-electron chi connectivity index (χ2n) is 9.31. The molecule has 0 aliphatic carbocycles. The van der Waals surface area contributed by atoms with Gasteiger partial charge in [-0.3, -0.25) is 0 Å². The summed E-state index contributed by atoms with van der Waals surface area (Å²) < 4.78 is 31.8. The minimum Gasteiger partial charge on any atom is -0.375 e. The van der Waals surface area contributed by atoms with Crippen LogP contribution in [0.3, 0.4) is 0 Å². The number of fused-ring (bicyclic) bond motifs is 2. The Morgan fingerprint density at radius 3 is 2.30 bits per heavy atom. The third-order valence-electron chi connectivity index (χ3n) is 6.88. The van der Waals surface area contributed by atoms with Gasteiger partial charge >= 0.3 is 0 Å². The zero-order chi connectivity index (χ0) is 25.0. The van der Waals surface area contributed by atoms with Crippen molar-refractivity contribution in [3.63, 3.8) is 0 Å². The highest BCUT2D eigenvalue weighted by molar-refractivity contribution is 7.99. The minimum atomic E-state index is -0.478. The summed E-state index contributed by atoms with van der Waals surface area (Å²) in [4.78, 5) is 1.11. The summed E-state index contributed by atoms with van der Waals surface area (Å²) in [5.41, 5.74) is 1.82. The second kappa shape index (κ2) is 11.4. The Kier molecular flexibility index (Phi) is 7.55. The van der Waals surface area contributed by atoms with Gasteiger partial charge in [0.15, 0.2) is 6.29 Å². The topological polar surface area (TPSA) is 46.2 Å². The molecule has 2 aliphatic heterocycles. The van der Waals surface area contributed by atoms with E-state index < -0.39 is 6.29 Å². The Morgan fingerprint density at radius 2 is 1.51 bits per heavy atom. The molecule has 190 valence electrons. The molecule has 2 heterocycles. The summed E-state index contributed by atoms with van der Waals surface area (Å²) in [5, 5.41) is 2.41. The number of methoxy groups -OCH3 is 1. The van der Waals surface area contributed by atoms with Crippen LogP contribution in [-0.4, -0.2) is 43.6 Å². The normalized spacial score (nSPS) is 27.6. The molecule has 0 unspecified atom stereocenters. The lowest BCUT2D eigenvalue weighted by molar-refractivity contribution is -0.327. The van der Waals surface area contributed by atoms with Gasteiger partial charge in [-0.2, -0.15) is 0 Å². The maximum absolute atomic E-state index is 6.64. The van der Waals surface area contributed by atoms with E-state index in [1.165, 1.54) is 10.8 Å². The number of rotatable bonds is 7. The van der Waals surface area contributed by atoms with Crippen LogP contribution in [0.2, 0.25) is 0 Å². The van der Waals surface area contributed by atoms with Gasteiger partial charge in [-0.1, -0.05) is 96.7 Å². The van der Waals surface area contributed by atoms with E-state index in [1.807, 2.05) is 48.5 Å². The van der Waals surface area contributed by atoms with Crippen molar-refractivity contribution < 1.29 is 23.7 Å². The highest BCUT2D eigenvalue weighted by Gasteiger charge is 2.51. The van der Waals surface area contributed by atoms with Gasteiger partial charge in [0.1, 0.15) is 29.9 Å². The average molecular weight is 515 g/mol. The SMILES string of the molecule is CO[C@@H]1[C@@H](OCc2ccc3ccccc3c2)[C@H]2O[C@@H](c3ccccc3)OC[C@H]2O[C@H]1Sc1ccccc1. The quantitative estimate of drug-likeness (QED) is 0.286. The lowest BCUT2D eigenvalue weighted by atomic mass is 9.98. The number of hydrogen-bond acceptors (Lipinski definition) is 6. The van der Waals surface area contributed by atoms with Crippen LogP contribution in [0.15, 0.2) is 108 Å². The molecular weight excluding hydrogens is 484 g/mol. The van der Waals surface area contributed by atoms with Crippen molar-refractivity contribution in [3.05, 3.63) is 114 Å². The van der Waals surface area contributed by atoms with Crippen LogP contribution in [0.5, 0.6) is 0 Å². The monoisotopic (exact) mass is 514 g/mol. The summed E-state index contributed by atoms with van der Waals surface area (Å²) in [5.74, 6) is 0. The summed E-state index contributed by atoms with van der Waals surface area (Å²) in [7, 11) is 1.72. The van der Waals surface area contributed by atoms with Gasteiger partial charge < -0.3 is 23.7 Å². The van der Waals surface area contributed by atoms with E-state index in [4.69, 9.17) is 23.7 Å². The summed E-state index contributed by atoms with van der Waals surface area (Å²) >= 11 is 1.64. The van der Waals surface area contributed by atoms with Crippen LogP contribution in [0.4, 0.5) is 0 Å². The molecule has 0 spiro atoms. The molecule has 4 aromatic rings. The molecule has 0 saturated carbocycles. The lowest BCUT2D eigenvalue weighted by Crippen LogP contribution is -2.62. The van der Waals surface area contributed by atoms with Gasteiger partial charge in [0.25, 0.3) is 0 Å². The Hall–Kier alpha value is -2.71. The minimum absolute atomic E-state index is 0.268. The van der Waals surface area contributed by atoms with Crippen molar-refractivity contribution in [1.82, 2.24) is 0 Å². The van der Waals surface area contributed by atoms with Crippen molar-refractivity contribution in [2.45, 2.75) is 47.6 Å². The van der Waals surface area contributed by atoms with Gasteiger partial charge in [-0.25, -0.2) is 0 Å². The molecule has 0 N–H and O–H groups in total. The van der Waals surface area contributed by atoms with Gasteiger partial charge in [0, 0.05) is 17.6 Å². The molecule has 37 heavy (non-hydrogen) atoms. The Balaban J connectivity index is 1.26. The predicted molar refractivity (Wildman–Crippen MR) is 144 cm³/mol. The fourth-order valence-corrected chi connectivity index (χ4v) is 6.19. The van der Waals surface area contributed by atoms with Crippen molar-refractivity contribution in [2.24, 2.45) is 0 Å². The summed E-state index contributed by atoms with van der Waals surface area (Å²) in [6.07, 6.45) is -1.76. The van der Waals surface area contributed by atoms with Gasteiger partial charge in [0.2, 0.25) is 0 Å². The van der Waals surface area contributed by atoms with Crippen LogP contribution >= 0.6 is 11.8 Å². The van der Waals surface area contributed by atoms with Crippen LogP contribution in [0.1, 0.15) is 17.4 Å². The Bertz CT molecular complexity index is 1300. The van der Waals surface area contributed by atoms with Gasteiger partial charge in [-0.15, -0.1) is 0 Å². The van der Waals surface area contributed by atoms with E-state index in [0.717, 1.165) is 16.0 Å². The maximum Gasteiger partial charge on any atom is 0.184 e. The molecule has 4 aromatic carbocycles. The van der Waals surface area contributed by atoms with E-state index in [2.05, 4.69) is 54.6 Å². The van der Waals surface area contributed by atoms with E-state index in [-0.39, 0.29) is 29.9 Å². The van der Waals surface area contributed by atoms with E-state index >= 15 is 0 Å². The third-order valence-corrected chi connectivity index (χ3v) is 8.04. The lowest BCUT2D eigenvalue weighted by Gasteiger charge is -2.48. The first kappa shape index (κ1) is 24.6. The van der Waals surface area contributed by atoms with Gasteiger partial charge in [-0.05, 0) is 34.5 Å². The third kappa shape index (κ3) is 5.46. The first-order valence-corrected chi connectivity index (χ1v) is 13.5. The summed E-state index contributed by atoms with van der Waals surface area (Å²) in [6.45, 7) is 0.865. The molecule has 6 atom stereocenters. The Morgan fingerprint density at radius 1 is 0.784 bits per heavy atom. The molecule has 0 amide bonds. The van der Waals surface area contributed by atoms with Crippen LogP contribution in [0, 0.1) is 0 Å². The molecule has 5 nitrogen and oxygen atoms in total. The van der Waals surface area contributed by atoms with E-state index in [1.54, 1.807) is 18.9 Å². The first-order chi connectivity index (χ1) is 18.3. The smallest absolute Gasteiger partial charge is 0.184 e. The maximum atomic E-state index is 6.64. The van der Waals surface area contributed by atoms with Crippen LogP contribution < -0.4 is 0 Å². The molecule has 2 saturated heterocycles. The summed E-state index contributed by atoms with van der Waals surface area (Å²) in [6, 6.07) is 35.0. The zero-order valence-corrected chi connectivity index (χ0v) is 21.5. The number of hydrogen-bond donors (Lipinski definition) is 0. The van der Waals surface area contributed by atoms with Crippen molar-refractivity contribution in [1.29, 1.82) is 0 Å². The predicted octanol–water partition coefficient (Wildman–Crippen LogP) is 6.37. The molecule has 0 aromatic heterocycles.